The molecule has 1 heterocycles. The third kappa shape index (κ3) is 3.43. The number of benzene rings is 1. The second kappa shape index (κ2) is 6.79. The lowest BCUT2D eigenvalue weighted by Crippen LogP contribution is -2.36. The first-order valence-electron chi connectivity index (χ1n) is 9.34. The lowest BCUT2D eigenvalue weighted by atomic mass is 9.91. The molecule has 5 heteroatoms. The number of carbonyl (C=O) groups excluding carboxylic acids is 1. The molecule has 0 amide bonds. The molecule has 1 fully saturated rings. The molecule has 2 aromatic rings. The summed E-state index contributed by atoms with van der Waals surface area (Å²) in [7, 11) is 0. The van der Waals surface area contributed by atoms with Gasteiger partial charge in [-0.15, -0.1) is 0 Å². The number of esters is 1. The standard InChI is InChI=1S/C20H25FN2O2/c1-2-25-20(24)12-23-18-7-5-14(21)9-16(18)17-10-15(6-8-19(17)23)22-11-13-3-4-13/h5,7,9,13,15,22H,2-4,6,8,10-12H2,1H3/t15-/m0/s1. The minimum atomic E-state index is -0.236. The number of carbonyl (C=O) groups is 1. The molecule has 0 unspecified atom stereocenters. The van der Waals surface area contributed by atoms with Gasteiger partial charge in [-0.05, 0) is 75.3 Å². The van der Waals surface area contributed by atoms with Crippen molar-refractivity contribution in [3.05, 3.63) is 35.3 Å². The Bertz CT molecular complexity index is 795. The molecule has 1 atom stereocenters. The Labute approximate surface area is 147 Å². The number of ether oxygens (including phenoxy) is 1. The van der Waals surface area contributed by atoms with Gasteiger partial charge in [-0.1, -0.05) is 0 Å². The van der Waals surface area contributed by atoms with Gasteiger partial charge in [0.1, 0.15) is 12.4 Å². The first-order chi connectivity index (χ1) is 12.2. The van der Waals surface area contributed by atoms with E-state index < -0.39 is 0 Å². The van der Waals surface area contributed by atoms with Gasteiger partial charge in [-0.2, -0.15) is 0 Å². The van der Waals surface area contributed by atoms with Gasteiger partial charge in [-0.25, -0.2) is 4.39 Å². The lowest BCUT2D eigenvalue weighted by molar-refractivity contribution is -0.143. The van der Waals surface area contributed by atoms with E-state index in [-0.39, 0.29) is 18.3 Å². The van der Waals surface area contributed by atoms with E-state index in [9.17, 15) is 9.18 Å². The van der Waals surface area contributed by atoms with Crippen LogP contribution >= 0.6 is 0 Å². The third-order valence-corrected chi connectivity index (χ3v) is 5.41. The van der Waals surface area contributed by atoms with Crippen LogP contribution < -0.4 is 5.32 Å². The molecular formula is C20H25FN2O2. The molecule has 2 aliphatic carbocycles. The second-order valence-electron chi connectivity index (χ2n) is 7.27. The highest BCUT2D eigenvalue weighted by molar-refractivity contribution is 5.87. The Kier molecular flexibility index (Phi) is 4.50. The Morgan fingerprint density at radius 3 is 2.96 bits per heavy atom. The van der Waals surface area contributed by atoms with Crippen LogP contribution in [0.5, 0.6) is 0 Å². The Balaban J connectivity index is 1.65. The highest BCUT2D eigenvalue weighted by Crippen LogP contribution is 2.34. The van der Waals surface area contributed by atoms with Crippen molar-refractivity contribution in [2.24, 2.45) is 5.92 Å². The van der Waals surface area contributed by atoms with E-state index in [1.807, 2.05) is 11.5 Å². The Hall–Kier alpha value is -1.88. The monoisotopic (exact) mass is 344 g/mol. The number of halogens is 1. The molecule has 2 aliphatic rings. The summed E-state index contributed by atoms with van der Waals surface area (Å²) in [6.45, 7) is 3.48. The van der Waals surface area contributed by atoms with Gasteiger partial charge in [0, 0.05) is 22.6 Å². The number of fused-ring (bicyclic) bond motifs is 3. The zero-order chi connectivity index (χ0) is 17.4. The van der Waals surface area contributed by atoms with Crippen molar-refractivity contribution >= 4 is 16.9 Å². The summed E-state index contributed by atoms with van der Waals surface area (Å²) in [5.41, 5.74) is 3.29. The summed E-state index contributed by atoms with van der Waals surface area (Å²) >= 11 is 0. The van der Waals surface area contributed by atoms with Crippen LogP contribution in [-0.4, -0.2) is 29.7 Å². The van der Waals surface area contributed by atoms with E-state index in [0.29, 0.717) is 12.6 Å². The van der Waals surface area contributed by atoms with Crippen LogP contribution in [0.15, 0.2) is 18.2 Å². The molecule has 25 heavy (non-hydrogen) atoms. The van der Waals surface area contributed by atoms with Gasteiger partial charge in [0.25, 0.3) is 0 Å². The molecule has 0 aliphatic heterocycles. The molecule has 0 spiro atoms. The predicted octanol–water partition coefficient (Wildman–Crippen LogP) is 3.20. The van der Waals surface area contributed by atoms with E-state index in [2.05, 4.69) is 5.32 Å². The van der Waals surface area contributed by atoms with Crippen molar-refractivity contribution in [1.29, 1.82) is 0 Å². The van der Waals surface area contributed by atoms with E-state index >= 15 is 0 Å². The van der Waals surface area contributed by atoms with Gasteiger partial charge in [-0.3, -0.25) is 4.79 Å². The van der Waals surface area contributed by atoms with Crippen molar-refractivity contribution in [2.75, 3.05) is 13.2 Å². The summed E-state index contributed by atoms with van der Waals surface area (Å²) in [5.74, 6) is 0.390. The van der Waals surface area contributed by atoms with Gasteiger partial charge in [0.2, 0.25) is 0 Å². The summed E-state index contributed by atoms with van der Waals surface area (Å²) < 4.78 is 21.0. The van der Waals surface area contributed by atoms with Crippen LogP contribution in [0.25, 0.3) is 10.9 Å². The smallest absolute Gasteiger partial charge is 0.325 e. The molecule has 1 N–H and O–H groups in total. The van der Waals surface area contributed by atoms with Crippen molar-refractivity contribution in [1.82, 2.24) is 9.88 Å². The molecule has 134 valence electrons. The molecular weight excluding hydrogens is 319 g/mol. The van der Waals surface area contributed by atoms with Crippen molar-refractivity contribution < 1.29 is 13.9 Å². The second-order valence-corrected chi connectivity index (χ2v) is 7.27. The predicted molar refractivity (Wildman–Crippen MR) is 95.1 cm³/mol. The molecule has 4 rings (SSSR count). The fraction of sp³-hybridized carbons (Fsp3) is 0.550. The van der Waals surface area contributed by atoms with E-state index in [0.717, 1.165) is 48.3 Å². The first kappa shape index (κ1) is 16.6. The highest BCUT2D eigenvalue weighted by atomic mass is 19.1. The highest BCUT2D eigenvalue weighted by Gasteiger charge is 2.28. The van der Waals surface area contributed by atoms with Gasteiger partial charge in [0.15, 0.2) is 0 Å². The molecule has 1 saturated carbocycles. The number of nitrogens with one attached hydrogen (secondary N) is 1. The quantitative estimate of drug-likeness (QED) is 0.819. The maximum atomic E-state index is 13.8. The fourth-order valence-corrected chi connectivity index (χ4v) is 3.97. The number of rotatable bonds is 6. The Morgan fingerprint density at radius 2 is 2.20 bits per heavy atom. The maximum Gasteiger partial charge on any atom is 0.325 e. The minimum absolute atomic E-state index is 0.200. The largest absolute Gasteiger partial charge is 0.465 e. The van der Waals surface area contributed by atoms with Gasteiger partial charge >= 0.3 is 5.97 Å². The molecule has 0 bridgehead atoms. The normalized spacial score (nSPS) is 19.8. The van der Waals surface area contributed by atoms with Crippen LogP contribution in [0.2, 0.25) is 0 Å². The summed E-state index contributed by atoms with van der Waals surface area (Å²) in [5, 5.41) is 4.62. The topological polar surface area (TPSA) is 43.3 Å². The summed E-state index contributed by atoms with van der Waals surface area (Å²) in [4.78, 5) is 12.0. The third-order valence-electron chi connectivity index (χ3n) is 5.41. The van der Waals surface area contributed by atoms with Crippen molar-refractivity contribution in [3.8, 4) is 0 Å². The van der Waals surface area contributed by atoms with Crippen molar-refractivity contribution in [3.63, 3.8) is 0 Å². The average molecular weight is 344 g/mol. The van der Waals surface area contributed by atoms with Crippen LogP contribution in [0, 0.1) is 11.7 Å². The molecule has 1 aromatic carbocycles. The van der Waals surface area contributed by atoms with Crippen molar-refractivity contribution in [2.45, 2.75) is 51.6 Å². The molecule has 0 saturated heterocycles. The fourth-order valence-electron chi connectivity index (χ4n) is 3.97. The van der Waals surface area contributed by atoms with Gasteiger partial charge < -0.3 is 14.6 Å². The maximum absolute atomic E-state index is 13.8. The molecule has 0 radical (unpaired) electrons. The number of hydrogen-bond acceptors (Lipinski definition) is 3. The minimum Gasteiger partial charge on any atom is -0.465 e. The van der Waals surface area contributed by atoms with E-state index in [1.165, 1.54) is 24.5 Å². The average Bonchev–Trinajstić information content (AvgIpc) is 3.38. The van der Waals surface area contributed by atoms with Crippen LogP contribution in [0.4, 0.5) is 4.39 Å². The lowest BCUT2D eigenvalue weighted by Gasteiger charge is -2.25. The zero-order valence-corrected chi connectivity index (χ0v) is 14.7. The first-order valence-corrected chi connectivity index (χ1v) is 9.34. The SMILES string of the molecule is CCOC(=O)Cn1c2c(c3cc(F)ccc31)C[C@@H](NCC1CC1)CC2. The number of nitrogens with zero attached hydrogens (tertiary/aromatic N) is 1. The van der Waals surface area contributed by atoms with Crippen LogP contribution in [0.3, 0.4) is 0 Å². The Morgan fingerprint density at radius 1 is 1.36 bits per heavy atom. The number of hydrogen-bond donors (Lipinski definition) is 1. The zero-order valence-electron chi connectivity index (χ0n) is 14.7. The summed E-state index contributed by atoms with van der Waals surface area (Å²) in [6, 6.07) is 5.31. The molecule has 1 aromatic heterocycles. The summed E-state index contributed by atoms with van der Waals surface area (Å²) in [6.07, 6.45) is 5.55. The number of aromatic nitrogens is 1. The van der Waals surface area contributed by atoms with Crippen LogP contribution in [-0.2, 0) is 28.9 Å². The van der Waals surface area contributed by atoms with Crippen LogP contribution in [0.1, 0.15) is 37.4 Å². The van der Waals surface area contributed by atoms with E-state index in [1.54, 1.807) is 12.1 Å². The van der Waals surface area contributed by atoms with E-state index in [4.69, 9.17) is 4.74 Å². The molecule has 4 nitrogen and oxygen atoms in total. The van der Waals surface area contributed by atoms with Gasteiger partial charge in [0.05, 0.1) is 6.61 Å².